The first kappa shape index (κ1) is 20.8. The monoisotopic (exact) mass is 322 g/mol. The van der Waals surface area contributed by atoms with Crippen molar-refractivity contribution in [2.45, 2.75) is 65.4 Å². The van der Waals surface area contributed by atoms with E-state index in [9.17, 15) is 9.59 Å². The molecule has 0 fully saturated rings. The fourth-order valence-electron chi connectivity index (χ4n) is 1.67. The van der Waals surface area contributed by atoms with Crippen LogP contribution in [0.25, 0.3) is 5.53 Å². The molecule has 128 valence electrons. The number of hydrogen-bond donors (Lipinski definition) is 0. The van der Waals surface area contributed by atoms with Crippen LogP contribution in [0.4, 0.5) is 0 Å². The van der Waals surface area contributed by atoms with Gasteiger partial charge < -0.3 is 15.0 Å². The Balaban J connectivity index is 4.55. The van der Waals surface area contributed by atoms with Gasteiger partial charge in [0, 0.05) is 6.42 Å². The normalized spacial score (nSPS) is 10.1. The Hall–Kier alpha value is -2.16. The standard InChI is InChI=1S/C17H26N2O4/c1-5-7-8-9-10-11-12-13-17(3,4)23-16(21)14(19-18)15(20)22-6-2/h10,12H,5-9,13H2,1-4H3. The first-order valence-electron chi connectivity index (χ1n) is 7.89. The minimum atomic E-state index is -1.02. The van der Waals surface area contributed by atoms with Gasteiger partial charge in [-0.15, -0.1) is 5.73 Å². The van der Waals surface area contributed by atoms with E-state index >= 15 is 0 Å². The summed E-state index contributed by atoms with van der Waals surface area (Å²) in [6.07, 6.45) is 8.62. The predicted octanol–water partition coefficient (Wildman–Crippen LogP) is 3.22. The molecule has 0 aliphatic heterocycles. The van der Waals surface area contributed by atoms with Crippen LogP contribution in [0.3, 0.4) is 0 Å². The molecular weight excluding hydrogens is 296 g/mol. The van der Waals surface area contributed by atoms with Crippen LogP contribution in [0.5, 0.6) is 0 Å². The van der Waals surface area contributed by atoms with Gasteiger partial charge in [-0.1, -0.05) is 19.8 Å². The molecule has 6 heteroatoms. The zero-order chi connectivity index (χ0) is 17.7. The van der Waals surface area contributed by atoms with Gasteiger partial charge in [0.25, 0.3) is 0 Å². The van der Waals surface area contributed by atoms with Crippen LogP contribution in [-0.4, -0.2) is 34.6 Å². The Kier molecular flexibility index (Phi) is 10.3. The van der Waals surface area contributed by atoms with Crippen LogP contribution in [0, 0.1) is 0 Å². The summed E-state index contributed by atoms with van der Waals surface area (Å²) in [6, 6.07) is 0. The van der Waals surface area contributed by atoms with Gasteiger partial charge in [-0.2, -0.15) is 4.79 Å². The van der Waals surface area contributed by atoms with Crippen molar-refractivity contribution in [3.8, 4) is 0 Å². The maximum atomic E-state index is 11.9. The lowest BCUT2D eigenvalue weighted by molar-refractivity contribution is -0.156. The molecule has 0 aromatic carbocycles. The topological polar surface area (TPSA) is 89.0 Å². The maximum Gasteiger partial charge on any atom is 0.482 e. The van der Waals surface area contributed by atoms with Crippen LogP contribution in [0.1, 0.15) is 59.8 Å². The minimum Gasteiger partial charge on any atom is -0.457 e. The second-order valence-electron chi connectivity index (χ2n) is 5.59. The van der Waals surface area contributed by atoms with Crippen LogP contribution in [0.2, 0.25) is 0 Å². The van der Waals surface area contributed by atoms with Gasteiger partial charge in [0.2, 0.25) is 0 Å². The molecule has 0 amide bonds. The molecule has 0 aliphatic rings. The molecular formula is C17H26N2O4. The highest BCUT2D eigenvalue weighted by Gasteiger charge is 2.36. The molecule has 0 N–H and O–H groups in total. The van der Waals surface area contributed by atoms with Crippen molar-refractivity contribution in [3.05, 3.63) is 23.4 Å². The molecule has 0 aromatic heterocycles. The summed E-state index contributed by atoms with van der Waals surface area (Å²) in [7, 11) is 0. The Morgan fingerprint density at radius 1 is 1.17 bits per heavy atom. The number of hydrogen-bond acceptors (Lipinski definition) is 4. The van der Waals surface area contributed by atoms with E-state index in [2.05, 4.69) is 22.2 Å². The van der Waals surface area contributed by atoms with E-state index in [0.29, 0.717) is 6.42 Å². The molecule has 6 nitrogen and oxygen atoms in total. The SMILES string of the molecule is CCCCCC=C=CCC(C)(C)OC(=O)C(=[N+]=[N-])C(=O)OCC. The third-order valence-corrected chi connectivity index (χ3v) is 2.91. The molecule has 0 bridgehead atoms. The van der Waals surface area contributed by atoms with Crippen LogP contribution < -0.4 is 0 Å². The number of rotatable bonds is 10. The van der Waals surface area contributed by atoms with Crippen LogP contribution in [0.15, 0.2) is 17.9 Å². The van der Waals surface area contributed by atoms with E-state index in [-0.39, 0.29) is 6.61 Å². The van der Waals surface area contributed by atoms with Gasteiger partial charge in [0.05, 0.1) is 6.61 Å². The van der Waals surface area contributed by atoms with Crippen molar-refractivity contribution in [1.29, 1.82) is 0 Å². The maximum absolute atomic E-state index is 11.9. The first-order valence-corrected chi connectivity index (χ1v) is 7.89. The van der Waals surface area contributed by atoms with Gasteiger partial charge in [-0.05, 0) is 45.8 Å². The first-order chi connectivity index (χ1) is 10.9. The molecule has 0 unspecified atom stereocenters. The van der Waals surface area contributed by atoms with Crippen molar-refractivity contribution in [1.82, 2.24) is 0 Å². The molecule has 0 aromatic rings. The summed E-state index contributed by atoms with van der Waals surface area (Å²) in [5.74, 6) is -2.03. The van der Waals surface area contributed by atoms with Crippen LogP contribution in [-0.2, 0) is 19.1 Å². The fourth-order valence-corrected chi connectivity index (χ4v) is 1.67. The summed E-state index contributed by atoms with van der Waals surface area (Å²) < 4.78 is 9.81. The second-order valence-corrected chi connectivity index (χ2v) is 5.59. The van der Waals surface area contributed by atoms with Crippen molar-refractivity contribution in [2.75, 3.05) is 6.61 Å². The lowest BCUT2D eigenvalue weighted by Crippen LogP contribution is -2.36. The van der Waals surface area contributed by atoms with Gasteiger partial charge in [-0.25, -0.2) is 9.59 Å². The predicted molar refractivity (Wildman–Crippen MR) is 86.8 cm³/mol. The Morgan fingerprint density at radius 2 is 1.87 bits per heavy atom. The molecule has 0 saturated carbocycles. The van der Waals surface area contributed by atoms with Crippen molar-refractivity contribution in [2.24, 2.45) is 0 Å². The van der Waals surface area contributed by atoms with E-state index in [4.69, 9.17) is 10.3 Å². The number of esters is 2. The number of nitrogens with zero attached hydrogens (tertiary/aromatic N) is 2. The Labute approximate surface area is 137 Å². The molecule has 0 rings (SSSR count). The summed E-state index contributed by atoms with van der Waals surface area (Å²) in [4.78, 5) is 26.0. The largest absolute Gasteiger partial charge is 0.482 e. The molecule has 0 atom stereocenters. The van der Waals surface area contributed by atoms with Gasteiger partial charge >= 0.3 is 17.7 Å². The molecule has 23 heavy (non-hydrogen) atoms. The average Bonchev–Trinajstić information content (AvgIpc) is 2.46. The van der Waals surface area contributed by atoms with Crippen molar-refractivity contribution >= 4 is 17.7 Å². The molecule has 0 saturated heterocycles. The number of carbonyl (C=O) groups excluding carboxylic acids is 2. The summed E-state index contributed by atoms with van der Waals surface area (Å²) in [6.45, 7) is 7.19. The highest BCUT2D eigenvalue weighted by atomic mass is 16.6. The summed E-state index contributed by atoms with van der Waals surface area (Å²) in [5, 5.41) is 0. The zero-order valence-electron chi connectivity index (χ0n) is 14.4. The van der Waals surface area contributed by atoms with E-state index in [1.807, 2.05) is 6.08 Å². The summed E-state index contributed by atoms with van der Waals surface area (Å²) >= 11 is 0. The van der Waals surface area contributed by atoms with Crippen LogP contribution >= 0.6 is 0 Å². The van der Waals surface area contributed by atoms with Gasteiger partial charge in [-0.3, -0.25) is 0 Å². The van der Waals surface area contributed by atoms with Gasteiger partial charge in [0.15, 0.2) is 0 Å². The molecule has 0 aliphatic carbocycles. The second kappa shape index (κ2) is 11.4. The third kappa shape index (κ3) is 9.46. The molecule has 0 radical (unpaired) electrons. The number of carbonyl (C=O) groups is 2. The third-order valence-electron chi connectivity index (χ3n) is 2.91. The molecule has 0 heterocycles. The zero-order valence-corrected chi connectivity index (χ0v) is 14.4. The highest BCUT2D eigenvalue weighted by molar-refractivity contribution is 6.60. The summed E-state index contributed by atoms with van der Waals surface area (Å²) in [5.41, 5.74) is 10.2. The Bertz CT molecular complexity index is 511. The molecule has 0 spiro atoms. The van der Waals surface area contributed by atoms with E-state index in [1.54, 1.807) is 26.8 Å². The van der Waals surface area contributed by atoms with Crippen molar-refractivity contribution < 1.29 is 23.9 Å². The van der Waals surface area contributed by atoms with Crippen molar-refractivity contribution in [3.63, 3.8) is 0 Å². The minimum absolute atomic E-state index is 0.0695. The average molecular weight is 322 g/mol. The number of unbranched alkanes of at least 4 members (excludes halogenated alkanes) is 3. The number of ether oxygens (including phenoxy) is 2. The lowest BCUT2D eigenvalue weighted by atomic mass is 10.1. The highest BCUT2D eigenvalue weighted by Crippen LogP contribution is 2.15. The van der Waals surface area contributed by atoms with Gasteiger partial charge in [0.1, 0.15) is 5.60 Å². The van der Waals surface area contributed by atoms with E-state index in [1.165, 1.54) is 12.8 Å². The fraction of sp³-hybridized carbons (Fsp3) is 0.647. The Morgan fingerprint density at radius 3 is 2.43 bits per heavy atom. The lowest BCUT2D eigenvalue weighted by Gasteiger charge is -2.21. The van der Waals surface area contributed by atoms with E-state index in [0.717, 1.165) is 12.8 Å². The van der Waals surface area contributed by atoms with E-state index < -0.39 is 23.3 Å². The smallest absolute Gasteiger partial charge is 0.457 e. The quantitative estimate of drug-likeness (QED) is 0.117.